The molecule has 0 atom stereocenters. The molecule has 0 aliphatic heterocycles. The van der Waals surface area contributed by atoms with Crippen molar-refractivity contribution in [3.8, 4) is 27.7 Å². The molecular formula is C26H19FN2O3S. The van der Waals surface area contributed by atoms with Crippen molar-refractivity contribution in [2.45, 2.75) is 13.8 Å². The summed E-state index contributed by atoms with van der Waals surface area (Å²) < 4.78 is 26.3. The molecule has 3 aromatic carbocycles. The Morgan fingerprint density at radius 1 is 0.970 bits per heavy atom. The van der Waals surface area contributed by atoms with Crippen molar-refractivity contribution in [2.75, 3.05) is 0 Å². The Hall–Kier alpha value is -3.97. The number of hydrogen-bond donors (Lipinski definition) is 1. The molecule has 0 aliphatic carbocycles. The highest BCUT2D eigenvalue weighted by Gasteiger charge is 2.18. The third-order valence-electron chi connectivity index (χ3n) is 5.12. The highest BCUT2D eigenvalue weighted by atomic mass is 32.1. The smallest absolute Gasteiger partial charge is 0.240 e. The van der Waals surface area contributed by atoms with Crippen molar-refractivity contribution in [3.05, 3.63) is 89.4 Å². The fraction of sp³-hybridized carbons (Fsp3) is 0.0769. The van der Waals surface area contributed by atoms with Crippen LogP contribution in [0.2, 0.25) is 0 Å². The number of aromatic nitrogens is 2. The molecule has 0 unspecified atom stereocenters. The van der Waals surface area contributed by atoms with Crippen molar-refractivity contribution < 1.29 is 18.7 Å². The number of phenols is 1. The van der Waals surface area contributed by atoms with Crippen LogP contribution in [0, 0.1) is 19.7 Å². The van der Waals surface area contributed by atoms with Gasteiger partial charge in [0.05, 0.1) is 4.88 Å². The minimum atomic E-state index is -0.281. The largest absolute Gasteiger partial charge is 0.508 e. The number of thiophene rings is 1. The maximum absolute atomic E-state index is 13.7. The van der Waals surface area contributed by atoms with Crippen LogP contribution in [0.3, 0.4) is 0 Å². The lowest BCUT2D eigenvalue weighted by molar-refractivity contribution is 0.476. The van der Waals surface area contributed by atoms with Crippen LogP contribution in [0.15, 0.2) is 65.1 Å². The van der Waals surface area contributed by atoms with Crippen molar-refractivity contribution in [2.24, 2.45) is 0 Å². The third-order valence-corrected chi connectivity index (χ3v) is 6.29. The van der Waals surface area contributed by atoms with Gasteiger partial charge in [-0.25, -0.2) is 4.39 Å². The summed E-state index contributed by atoms with van der Waals surface area (Å²) in [6.07, 6.45) is 3.64. The van der Waals surface area contributed by atoms with E-state index in [9.17, 15) is 9.50 Å². The van der Waals surface area contributed by atoms with Gasteiger partial charge in [-0.3, -0.25) is 0 Å². The average molecular weight is 459 g/mol. The highest BCUT2D eigenvalue weighted by molar-refractivity contribution is 7.22. The van der Waals surface area contributed by atoms with Gasteiger partial charge in [0.25, 0.3) is 0 Å². The molecular weight excluding hydrogens is 439 g/mol. The molecule has 7 heteroatoms. The van der Waals surface area contributed by atoms with E-state index in [0.29, 0.717) is 23.3 Å². The quantitative estimate of drug-likeness (QED) is 0.298. The van der Waals surface area contributed by atoms with E-state index in [-0.39, 0.29) is 11.6 Å². The predicted molar refractivity (Wildman–Crippen MR) is 128 cm³/mol. The standard InChI is InChI=1S/C26H19FN2O3S/c1-15-13-18(27)6-10-21(15)26-25(22-11-7-19(30)14-23(22)33-26)32-20-8-3-17(4-9-20)5-12-24-29-28-16(2)31-24/h3-14,30H,1-2H3. The van der Waals surface area contributed by atoms with Crippen molar-refractivity contribution in [1.82, 2.24) is 10.2 Å². The van der Waals surface area contributed by atoms with Gasteiger partial charge in [0, 0.05) is 23.1 Å². The van der Waals surface area contributed by atoms with Crippen LogP contribution in [0.25, 0.3) is 32.7 Å². The van der Waals surface area contributed by atoms with Gasteiger partial charge in [-0.05, 0) is 72.2 Å². The number of nitrogens with zero attached hydrogens (tertiary/aromatic N) is 2. The summed E-state index contributed by atoms with van der Waals surface area (Å²) in [6.45, 7) is 3.61. The average Bonchev–Trinajstić information content (AvgIpc) is 3.36. The Labute approximate surface area is 193 Å². The van der Waals surface area contributed by atoms with Crippen molar-refractivity contribution in [3.63, 3.8) is 0 Å². The van der Waals surface area contributed by atoms with Crippen molar-refractivity contribution in [1.29, 1.82) is 0 Å². The van der Waals surface area contributed by atoms with E-state index >= 15 is 0 Å². The zero-order valence-corrected chi connectivity index (χ0v) is 18.7. The van der Waals surface area contributed by atoms with Crippen LogP contribution in [-0.2, 0) is 0 Å². The summed E-state index contributed by atoms with van der Waals surface area (Å²) in [6, 6.07) is 17.5. The van der Waals surface area contributed by atoms with E-state index in [1.807, 2.05) is 43.3 Å². The number of fused-ring (bicyclic) bond motifs is 1. The molecule has 1 N–H and O–H groups in total. The van der Waals surface area contributed by atoms with Gasteiger partial charge in [-0.15, -0.1) is 21.5 Å². The van der Waals surface area contributed by atoms with E-state index in [1.54, 1.807) is 31.2 Å². The molecule has 2 heterocycles. The second-order valence-electron chi connectivity index (χ2n) is 7.56. The summed E-state index contributed by atoms with van der Waals surface area (Å²) in [5, 5.41) is 18.6. The first kappa shape index (κ1) is 20.9. The van der Waals surface area contributed by atoms with Gasteiger partial charge in [0.2, 0.25) is 11.8 Å². The molecule has 0 spiro atoms. The summed E-state index contributed by atoms with van der Waals surface area (Å²) in [5.74, 6) is 2.20. The molecule has 33 heavy (non-hydrogen) atoms. The lowest BCUT2D eigenvalue weighted by atomic mass is 10.1. The zero-order valence-electron chi connectivity index (χ0n) is 17.9. The molecule has 0 bridgehead atoms. The highest BCUT2D eigenvalue weighted by Crippen LogP contribution is 2.48. The summed E-state index contributed by atoms with van der Waals surface area (Å²) in [4.78, 5) is 0.879. The molecule has 0 fully saturated rings. The Bertz CT molecular complexity index is 1490. The molecule has 0 radical (unpaired) electrons. The van der Waals surface area contributed by atoms with E-state index in [0.717, 1.165) is 31.7 Å². The number of benzene rings is 3. The number of halogens is 1. The molecule has 0 aliphatic rings. The van der Waals surface area contributed by atoms with E-state index in [1.165, 1.54) is 23.5 Å². The molecule has 5 rings (SSSR count). The van der Waals surface area contributed by atoms with Gasteiger partial charge in [-0.2, -0.15) is 0 Å². The number of phenolic OH excluding ortho intramolecular Hbond substituents is 1. The van der Waals surface area contributed by atoms with Gasteiger partial charge >= 0.3 is 0 Å². The Balaban J connectivity index is 1.49. The fourth-order valence-electron chi connectivity index (χ4n) is 3.53. The van der Waals surface area contributed by atoms with Crippen molar-refractivity contribution >= 4 is 33.6 Å². The Kier molecular flexibility index (Phi) is 5.40. The Morgan fingerprint density at radius 2 is 1.79 bits per heavy atom. The monoisotopic (exact) mass is 458 g/mol. The normalized spacial score (nSPS) is 11.5. The predicted octanol–water partition coefficient (Wildman–Crippen LogP) is 7.38. The minimum Gasteiger partial charge on any atom is -0.508 e. The number of rotatable bonds is 5. The number of aryl methyl sites for hydroxylation is 2. The fourth-order valence-corrected chi connectivity index (χ4v) is 4.79. The molecule has 2 aromatic heterocycles. The summed E-state index contributed by atoms with van der Waals surface area (Å²) in [5.41, 5.74) is 2.65. The second kappa shape index (κ2) is 8.52. The molecule has 164 valence electrons. The van der Waals surface area contributed by atoms with E-state index in [2.05, 4.69) is 10.2 Å². The molecule has 0 saturated carbocycles. The van der Waals surface area contributed by atoms with Crippen LogP contribution in [0.5, 0.6) is 17.2 Å². The number of aromatic hydroxyl groups is 1. The van der Waals surface area contributed by atoms with Gasteiger partial charge in [0.15, 0.2) is 5.75 Å². The number of ether oxygens (including phenoxy) is 1. The first-order valence-corrected chi connectivity index (χ1v) is 11.1. The molecule has 5 aromatic rings. The van der Waals surface area contributed by atoms with Crippen LogP contribution >= 0.6 is 11.3 Å². The van der Waals surface area contributed by atoms with Crippen LogP contribution in [0.1, 0.15) is 22.9 Å². The maximum Gasteiger partial charge on any atom is 0.240 e. The Morgan fingerprint density at radius 3 is 2.52 bits per heavy atom. The summed E-state index contributed by atoms with van der Waals surface area (Å²) in [7, 11) is 0. The molecule has 0 amide bonds. The van der Waals surface area contributed by atoms with Crippen LogP contribution in [0.4, 0.5) is 4.39 Å². The van der Waals surface area contributed by atoms with Gasteiger partial charge in [-0.1, -0.05) is 18.2 Å². The lowest BCUT2D eigenvalue weighted by Gasteiger charge is -2.10. The first-order valence-electron chi connectivity index (χ1n) is 10.2. The SMILES string of the molecule is Cc1nnc(C=Cc2ccc(Oc3c(-c4ccc(F)cc4C)sc4cc(O)ccc34)cc2)o1. The van der Waals surface area contributed by atoms with E-state index in [4.69, 9.17) is 9.15 Å². The van der Waals surface area contributed by atoms with Gasteiger partial charge in [0.1, 0.15) is 17.3 Å². The topological polar surface area (TPSA) is 68.4 Å². The maximum atomic E-state index is 13.7. The molecule has 5 nitrogen and oxygen atoms in total. The van der Waals surface area contributed by atoms with Gasteiger partial charge < -0.3 is 14.3 Å². The second-order valence-corrected chi connectivity index (χ2v) is 8.62. The first-order chi connectivity index (χ1) is 16.0. The van der Waals surface area contributed by atoms with E-state index < -0.39 is 0 Å². The number of hydrogen-bond acceptors (Lipinski definition) is 6. The lowest BCUT2D eigenvalue weighted by Crippen LogP contribution is -1.88. The third kappa shape index (κ3) is 4.36. The minimum absolute atomic E-state index is 0.185. The molecule has 0 saturated heterocycles. The van der Waals surface area contributed by atoms with Crippen LogP contribution in [-0.4, -0.2) is 15.3 Å². The zero-order chi connectivity index (χ0) is 22.9. The summed E-state index contributed by atoms with van der Waals surface area (Å²) >= 11 is 1.50. The van der Waals surface area contributed by atoms with Crippen LogP contribution < -0.4 is 4.74 Å².